The fraction of sp³-hybridized carbons (Fsp3) is 0.357. The van der Waals surface area contributed by atoms with Gasteiger partial charge in [0.15, 0.2) is 0 Å². The topological polar surface area (TPSA) is 49.9 Å². The van der Waals surface area contributed by atoms with Crippen LogP contribution in [-0.4, -0.2) is 29.9 Å². The van der Waals surface area contributed by atoms with Crippen LogP contribution in [0.15, 0.2) is 30.5 Å². The molecule has 0 saturated heterocycles. The normalized spacial score (nSPS) is 11.6. The third-order valence-electron chi connectivity index (χ3n) is 2.87. The van der Waals surface area contributed by atoms with Crippen LogP contribution >= 0.6 is 0 Å². The first kappa shape index (κ1) is 15.4. The van der Waals surface area contributed by atoms with Gasteiger partial charge in [-0.1, -0.05) is 0 Å². The molecule has 114 valence electrons. The molecule has 0 spiro atoms. The van der Waals surface area contributed by atoms with Crippen molar-refractivity contribution >= 4 is 0 Å². The van der Waals surface area contributed by atoms with E-state index >= 15 is 0 Å². The molecule has 0 aliphatic heterocycles. The third-order valence-corrected chi connectivity index (χ3v) is 2.87. The van der Waals surface area contributed by atoms with Gasteiger partial charge < -0.3 is 15.0 Å². The predicted molar refractivity (Wildman–Crippen MR) is 73.0 cm³/mol. The molecule has 0 amide bonds. The lowest BCUT2D eigenvalue weighted by atomic mass is 10.2. The Labute approximate surface area is 120 Å². The molecule has 1 heterocycles. The average Bonchev–Trinajstić information content (AvgIpc) is 2.87. The lowest BCUT2D eigenvalue weighted by Gasteiger charge is -2.08. The Bertz CT molecular complexity index is 564. The Kier molecular flexibility index (Phi) is 4.85. The number of aromatic amines is 1. The van der Waals surface area contributed by atoms with E-state index in [2.05, 4.69) is 20.0 Å². The number of aromatic nitrogens is 2. The Morgan fingerprint density at radius 1 is 1.24 bits per heavy atom. The van der Waals surface area contributed by atoms with Gasteiger partial charge in [0.25, 0.3) is 0 Å². The maximum absolute atomic E-state index is 12.1. The van der Waals surface area contributed by atoms with Crippen LogP contribution in [0.4, 0.5) is 13.2 Å². The van der Waals surface area contributed by atoms with Crippen LogP contribution in [0.2, 0.25) is 0 Å². The van der Waals surface area contributed by atoms with Crippen molar-refractivity contribution in [1.82, 2.24) is 15.3 Å². The molecule has 21 heavy (non-hydrogen) atoms. The summed E-state index contributed by atoms with van der Waals surface area (Å²) < 4.78 is 40.0. The highest BCUT2D eigenvalue weighted by Crippen LogP contribution is 2.25. The van der Waals surface area contributed by atoms with Crippen LogP contribution in [0, 0.1) is 0 Å². The smallest absolute Gasteiger partial charge is 0.406 e. The van der Waals surface area contributed by atoms with Gasteiger partial charge in [-0.3, -0.25) is 0 Å². The van der Waals surface area contributed by atoms with Crippen LogP contribution < -0.4 is 10.1 Å². The number of aryl methyl sites for hydroxylation is 1. The number of nitrogens with one attached hydrogen (secondary N) is 2. The van der Waals surface area contributed by atoms with Gasteiger partial charge in [0.2, 0.25) is 0 Å². The maximum atomic E-state index is 12.1. The number of imidazole rings is 1. The zero-order valence-electron chi connectivity index (χ0n) is 11.5. The number of hydrogen-bond donors (Lipinski definition) is 2. The largest absolute Gasteiger partial charge is 0.573 e. The molecular formula is C14H16F3N3O. The van der Waals surface area contributed by atoms with E-state index in [1.807, 2.05) is 7.05 Å². The summed E-state index contributed by atoms with van der Waals surface area (Å²) in [6, 6.07) is 5.69. The minimum absolute atomic E-state index is 0.236. The Hall–Kier alpha value is -2.02. The molecule has 7 heteroatoms. The zero-order valence-corrected chi connectivity index (χ0v) is 11.5. The molecule has 2 rings (SSSR count). The van der Waals surface area contributed by atoms with Gasteiger partial charge in [0.05, 0.1) is 11.9 Å². The monoisotopic (exact) mass is 299 g/mol. The molecule has 0 atom stereocenters. The summed E-state index contributed by atoms with van der Waals surface area (Å²) in [5, 5.41) is 3.05. The number of benzene rings is 1. The first-order chi connectivity index (χ1) is 9.98. The maximum Gasteiger partial charge on any atom is 0.573 e. The predicted octanol–water partition coefficient (Wildman–Crippen LogP) is 3.13. The zero-order chi connectivity index (χ0) is 15.3. The Morgan fingerprint density at radius 2 is 1.95 bits per heavy atom. The van der Waals surface area contributed by atoms with Gasteiger partial charge in [-0.25, -0.2) is 4.98 Å². The molecule has 2 aromatic rings. The van der Waals surface area contributed by atoms with Crippen LogP contribution in [-0.2, 0) is 6.42 Å². The quantitative estimate of drug-likeness (QED) is 0.806. The van der Waals surface area contributed by atoms with Crippen molar-refractivity contribution in [2.45, 2.75) is 19.2 Å². The van der Waals surface area contributed by atoms with Crippen molar-refractivity contribution in [3.8, 4) is 17.0 Å². The van der Waals surface area contributed by atoms with Crippen molar-refractivity contribution in [3.05, 3.63) is 36.3 Å². The second-order valence-corrected chi connectivity index (χ2v) is 4.52. The summed E-state index contributed by atoms with van der Waals surface area (Å²) in [4.78, 5) is 7.41. The van der Waals surface area contributed by atoms with Gasteiger partial charge in [-0.2, -0.15) is 0 Å². The summed E-state index contributed by atoms with van der Waals surface area (Å²) in [5.74, 6) is 0.621. The van der Waals surface area contributed by atoms with Crippen LogP contribution in [0.1, 0.15) is 12.2 Å². The van der Waals surface area contributed by atoms with E-state index in [0.29, 0.717) is 0 Å². The summed E-state index contributed by atoms with van der Waals surface area (Å²) in [7, 11) is 1.89. The first-order valence-electron chi connectivity index (χ1n) is 6.52. The molecule has 0 aliphatic carbocycles. The van der Waals surface area contributed by atoms with E-state index in [1.54, 1.807) is 18.3 Å². The lowest BCUT2D eigenvalue weighted by molar-refractivity contribution is -0.274. The number of nitrogens with zero attached hydrogens (tertiary/aromatic N) is 1. The van der Waals surface area contributed by atoms with Crippen LogP contribution in [0.5, 0.6) is 5.75 Å². The first-order valence-corrected chi connectivity index (χ1v) is 6.52. The Morgan fingerprint density at radius 3 is 2.57 bits per heavy atom. The van der Waals surface area contributed by atoms with E-state index < -0.39 is 6.36 Å². The van der Waals surface area contributed by atoms with Gasteiger partial charge in [0, 0.05) is 6.42 Å². The van der Waals surface area contributed by atoms with Crippen molar-refractivity contribution < 1.29 is 17.9 Å². The molecule has 1 aromatic heterocycles. The lowest BCUT2D eigenvalue weighted by Crippen LogP contribution is -2.16. The second-order valence-electron chi connectivity index (χ2n) is 4.52. The molecular weight excluding hydrogens is 283 g/mol. The number of halogens is 3. The van der Waals surface area contributed by atoms with Crippen molar-refractivity contribution in [2.24, 2.45) is 0 Å². The van der Waals surface area contributed by atoms with Crippen LogP contribution in [0.3, 0.4) is 0 Å². The van der Waals surface area contributed by atoms with Gasteiger partial charge in [0.1, 0.15) is 11.6 Å². The van der Waals surface area contributed by atoms with Crippen LogP contribution in [0.25, 0.3) is 11.3 Å². The molecule has 0 saturated carbocycles. The van der Waals surface area contributed by atoms with Gasteiger partial charge >= 0.3 is 6.36 Å². The molecule has 0 unspecified atom stereocenters. The highest BCUT2D eigenvalue weighted by Gasteiger charge is 2.30. The number of H-pyrrole nitrogens is 1. The minimum atomic E-state index is -4.67. The fourth-order valence-corrected chi connectivity index (χ4v) is 1.90. The number of alkyl halides is 3. The fourth-order valence-electron chi connectivity index (χ4n) is 1.90. The number of rotatable bonds is 6. The second kappa shape index (κ2) is 6.62. The van der Waals surface area contributed by atoms with Crippen molar-refractivity contribution in [2.75, 3.05) is 13.6 Å². The Balaban J connectivity index is 2.02. The summed E-state index contributed by atoms with van der Waals surface area (Å²) in [6.07, 6.45) is -1.22. The molecule has 0 aliphatic rings. The highest BCUT2D eigenvalue weighted by molar-refractivity contribution is 5.59. The number of hydrogen-bond acceptors (Lipinski definition) is 3. The van der Waals surface area contributed by atoms with Gasteiger partial charge in [-0.15, -0.1) is 13.2 Å². The van der Waals surface area contributed by atoms with E-state index in [9.17, 15) is 13.2 Å². The molecule has 2 N–H and O–H groups in total. The molecule has 0 radical (unpaired) electrons. The van der Waals surface area contributed by atoms with E-state index in [0.717, 1.165) is 36.5 Å². The van der Waals surface area contributed by atoms with Crippen molar-refractivity contribution in [1.29, 1.82) is 0 Å². The van der Waals surface area contributed by atoms with Gasteiger partial charge in [-0.05, 0) is 49.8 Å². The van der Waals surface area contributed by atoms with E-state index in [4.69, 9.17) is 0 Å². The van der Waals surface area contributed by atoms with E-state index in [-0.39, 0.29) is 5.75 Å². The summed E-state index contributed by atoms with van der Waals surface area (Å²) >= 11 is 0. The van der Waals surface area contributed by atoms with E-state index in [1.165, 1.54) is 12.1 Å². The third kappa shape index (κ3) is 4.78. The summed E-state index contributed by atoms with van der Waals surface area (Å²) in [6.45, 7) is 0.902. The summed E-state index contributed by atoms with van der Waals surface area (Å²) in [5.41, 5.74) is 1.53. The average molecular weight is 299 g/mol. The number of ether oxygens (including phenoxy) is 1. The molecule has 0 bridgehead atoms. The molecule has 1 aromatic carbocycles. The minimum Gasteiger partial charge on any atom is -0.406 e. The molecule has 4 nitrogen and oxygen atoms in total. The SMILES string of the molecule is CNCCCc1ncc(-c2ccc(OC(F)(F)F)cc2)[nH]1. The molecule has 0 fully saturated rings. The highest BCUT2D eigenvalue weighted by atomic mass is 19.4. The standard InChI is InChI=1S/C14H16F3N3O/c1-18-8-2-3-13-19-9-12(20-13)10-4-6-11(7-5-10)21-14(15,16)17/h4-7,9,18H,2-3,8H2,1H3,(H,19,20). The van der Waals surface area contributed by atoms with Crippen molar-refractivity contribution in [3.63, 3.8) is 0 Å².